The van der Waals surface area contributed by atoms with Crippen molar-refractivity contribution in [3.05, 3.63) is 59.2 Å². The summed E-state index contributed by atoms with van der Waals surface area (Å²) in [5, 5.41) is 21.5. The van der Waals surface area contributed by atoms with Gasteiger partial charge in [-0.3, -0.25) is 4.79 Å². The van der Waals surface area contributed by atoms with Crippen LogP contribution < -0.4 is 4.74 Å². The Morgan fingerprint density at radius 1 is 1.17 bits per heavy atom. The van der Waals surface area contributed by atoms with Crippen LogP contribution in [0, 0.1) is 12.8 Å². The molecule has 1 amide bonds. The van der Waals surface area contributed by atoms with Crippen molar-refractivity contribution in [1.82, 2.24) is 4.90 Å². The average molecular weight is 395 g/mol. The minimum absolute atomic E-state index is 0.00670. The smallest absolute Gasteiger partial charge is 0.254 e. The second-order valence-corrected chi connectivity index (χ2v) is 8.40. The highest BCUT2D eigenvalue weighted by Crippen LogP contribution is 2.50. The zero-order chi connectivity index (χ0) is 20.6. The van der Waals surface area contributed by atoms with Crippen molar-refractivity contribution in [2.75, 3.05) is 13.7 Å². The number of hydrogen-bond acceptors (Lipinski definition) is 4. The third-order valence-electron chi connectivity index (χ3n) is 6.75. The lowest BCUT2D eigenvalue weighted by Crippen LogP contribution is -2.56. The van der Waals surface area contributed by atoms with E-state index in [1.807, 2.05) is 42.2 Å². The fourth-order valence-electron chi connectivity index (χ4n) is 5.17. The Balaban J connectivity index is 1.79. The number of nitrogens with zero attached hydrogens (tertiary/aromatic N) is 1. The number of phenols is 1. The molecule has 29 heavy (non-hydrogen) atoms. The Kier molecular flexibility index (Phi) is 5.26. The number of aryl methyl sites for hydroxylation is 1. The summed E-state index contributed by atoms with van der Waals surface area (Å²) < 4.78 is 5.32. The molecule has 0 radical (unpaired) electrons. The number of amides is 1. The molecule has 0 aromatic heterocycles. The Labute approximate surface area is 171 Å². The van der Waals surface area contributed by atoms with Crippen LogP contribution in [0.15, 0.2) is 42.5 Å². The number of phenolic OH excluding ortho intramolecular Hbond substituents is 1. The fourth-order valence-corrected chi connectivity index (χ4v) is 5.17. The van der Waals surface area contributed by atoms with E-state index < -0.39 is 5.60 Å². The third-order valence-corrected chi connectivity index (χ3v) is 6.75. The number of benzene rings is 2. The van der Waals surface area contributed by atoms with Gasteiger partial charge in [-0.1, -0.05) is 37.1 Å². The quantitative estimate of drug-likeness (QED) is 0.816. The number of ether oxygens (including phenoxy) is 1. The van der Waals surface area contributed by atoms with Crippen LogP contribution in [0.2, 0.25) is 0 Å². The number of rotatable bonds is 3. The molecule has 2 aromatic carbocycles. The van der Waals surface area contributed by atoms with Gasteiger partial charge in [0.25, 0.3) is 5.91 Å². The van der Waals surface area contributed by atoms with E-state index >= 15 is 0 Å². The van der Waals surface area contributed by atoms with Gasteiger partial charge in [0, 0.05) is 18.0 Å². The minimum Gasteiger partial charge on any atom is -0.504 e. The van der Waals surface area contributed by atoms with Crippen molar-refractivity contribution in [2.24, 2.45) is 5.92 Å². The van der Waals surface area contributed by atoms with Gasteiger partial charge in [0.2, 0.25) is 0 Å². The zero-order valence-corrected chi connectivity index (χ0v) is 17.1. The van der Waals surface area contributed by atoms with Crippen molar-refractivity contribution >= 4 is 5.91 Å². The summed E-state index contributed by atoms with van der Waals surface area (Å²) in [5.41, 5.74) is 1.79. The van der Waals surface area contributed by atoms with Crippen LogP contribution in [-0.2, 0) is 0 Å². The highest BCUT2D eigenvalue weighted by atomic mass is 16.5. The minimum atomic E-state index is -0.753. The molecule has 2 fully saturated rings. The largest absolute Gasteiger partial charge is 0.504 e. The van der Waals surface area contributed by atoms with E-state index in [4.69, 9.17) is 4.74 Å². The zero-order valence-electron chi connectivity index (χ0n) is 17.1. The summed E-state index contributed by atoms with van der Waals surface area (Å²) in [4.78, 5) is 15.5. The topological polar surface area (TPSA) is 70.0 Å². The highest BCUT2D eigenvalue weighted by Gasteiger charge is 2.50. The molecule has 154 valence electrons. The van der Waals surface area contributed by atoms with Gasteiger partial charge in [0.15, 0.2) is 11.5 Å². The molecule has 1 saturated carbocycles. The van der Waals surface area contributed by atoms with Crippen LogP contribution in [0.5, 0.6) is 11.5 Å². The first-order valence-corrected chi connectivity index (χ1v) is 10.4. The molecule has 2 aromatic rings. The number of fused-ring (bicyclic) bond motifs is 1. The molecule has 0 spiro atoms. The van der Waals surface area contributed by atoms with E-state index in [-0.39, 0.29) is 23.6 Å². The van der Waals surface area contributed by atoms with E-state index in [2.05, 4.69) is 0 Å². The molecule has 3 atom stereocenters. The second-order valence-electron chi connectivity index (χ2n) is 8.40. The number of hydrogen-bond donors (Lipinski definition) is 2. The molecule has 5 heteroatoms. The maximum Gasteiger partial charge on any atom is 0.254 e. The molecular formula is C24H29NO4. The second kappa shape index (κ2) is 7.71. The normalized spacial score (nSPS) is 26.7. The van der Waals surface area contributed by atoms with E-state index in [0.717, 1.165) is 36.8 Å². The van der Waals surface area contributed by atoms with E-state index in [1.165, 1.54) is 7.11 Å². The van der Waals surface area contributed by atoms with Gasteiger partial charge in [-0.2, -0.15) is 0 Å². The van der Waals surface area contributed by atoms with Gasteiger partial charge in [0.05, 0.1) is 18.8 Å². The van der Waals surface area contributed by atoms with Crippen molar-refractivity contribution in [2.45, 2.75) is 50.7 Å². The molecule has 1 aliphatic heterocycles. The summed E-state index contributed by atoms with van der Waals surface area (Å²) >= 11 is 0. The number of likely N-dealkylation sites (tertiary alicyclic amines) is 1. The number of carbonyl (C=O) groups is 1. The number of methoxy groups -OCH3 is 1. The molecule has 5 nitrogen and oxygen atoms in total. The van der Waals surface area contributed by atoms with Gasteiger partial charge >= 0.3 is 0 Å². The molecule has 0 bridgehead atoms. The van der Waals surface area contributed by atoms with E-state index in [9.17, 15) is 15.0 Å². The first-order valence-electron chi connectivity index (χ1n) is 10.4. The van der Waals surface area contributed by atoms with Gasteiger partial charge < -0.3 is 19.8 Å². The van der Waals surface area contributed by atoms with Crippen LogP contribution in [0.1, 0.15) is 59.6 Å². The summed E-state index contributed by atoms with van der Waals surface area (Å²) in [5.74, 6) is 0.415. The molecule has 4 rings (SSSR count). The summed E-state index contributed by atoms with van der Waals surface area (Å²) in [6, 6.07) is 12.7. The van der Waals surface area contributed by atoms with E-state index in [0.29, 0.717) is 24.3 Å². The summed E-state index contributed by atoms with van der Waals surface area (Å²) in [6.45, 7) is 2.46. The number of aliphatic hydroxyl groups is 1. The Bertz CT molecular complexity index is 912. The van der Waals surface area contributed by atoms with Crippen LogP contribution in [0.25, 0.3) is 0 Å². The lowest BCUT2D eigenvalue weighted by Gasteiger charge is -2.52. The molecule has 1 saturated heterocycles. The predicted molar refractivity (Wildman–Crippen MR) is 111 cm³/mol. The number of piperidine rings is 1. The maximum atomic E-state index is 13.6. The number of aromatic hydroxyl groups is 1. The van der Waals surface area contributed by atoms with Crippen molar-refractivity contribution in [3.8, 4) is 11.5 Å². The van der Waals surface area contributed by atoms with Crippen molar-refractivity contribution < 1.29 is 19.7 Å². The van der Waals surface area contributed by atoms with Crippen LogP contribution >= 0.6 is 0 Å². The van der Waals surface area contributed by atoms with Crippen molar-refractivity contribution in [3.63, 3.8) is 0 Å². The highest BCUT2D eigenvalue weighted by molar-refractivity contribution is 5.96. The molecular weight excluding hydrogens is 366 g/mol. The Morgan fingerprint density at radius 2 is 1.97 bits per heavy atom. The third kappa shape index (κ3) is 3.48. The SMILES string of the molecule is COc1cc([C@@H]2[C@@H]3CCCC[C@@]3(O)CCN2C(=O)c2ccccc2C)ccc1O. The summed E-state index contributed by atoms with van der Waals surface area (Å²) in [7, 11) is 1.52. The van der Waals surface area contributed by atoms with Crippen LogP contribution in [0.3, 0.4) is 0 Å². The van der Waals surface area contributed by atoms with Crippen molar-refractivity contribution in [1.29, 1.82) is 0 Å². The van der Waals surface area contributed by atoms with Gasteiger partial charge in [-0.25, -0.2) is 0 Å². The molecule has 1 aliphatic carbocycles. The molecule has 2 aliphatic rings. The van der Waals surface area contributed by atoms with Gasteiger partial charge in [0.1, 0.15) is 0 Å². The van der Waals surface area contributed by atoms with Crippen LogP contribution in [0.4, 0.5) is 0 Å². The lowest BCUT2D eigenvalue weighted by atomic mass is 9.66. The standard InChI is InChI=1S/C24H29NO4/c1-16-7-3-4-8-18(16)23(27)25-14-13-24(28)12-6-5-9-19(24)22(25)17-10-11-20(26)21(15-17)29-2/h3-4,7-8,10-11,15,19,22,26,28H,5-6,9,12-14H2,1-2H3/t19-,22+,24+/m0/s1. The molecule has 1 heterocycles. The maximum absolute atomic E-state index is 13.6. The predicted octanol–water partition coefficient (Wildman–Crippen LogP) is 4.22. The first kappa shape index (κ1) is 19.8. The van der Waals surface area contributed by atoms with Gasteiger partial charge in [-0.05, 0) is 55.5 Å². The lowest BCUT2D eigenvalue weighted by molar-refractivity contribution is -0.115. The fraction of sp³-hybridized carbons (Fsp3) is 0.458. The Hall–Kier alpha value is -2.53. The first-order chi connectivity index (χ1) is 13.9. The average Bonchev–Trinajstić information content (AvgIpc) is 2.73. The van der Waals surface area contributed by atoms with Gasteiger partial charge in [-0.15, -0.1) is 0 Å². The monoisotopic (exact) mass is 395 g/mol. The summed E-state index contributed by atoms with van der Waals surface area (Å²) in [6.07, 6.45) is 4.31. The van der Waals surface area contributed by atoms with Crippen LogP contribution in [-0.4, -0.2) is 40.3 Å². The van der Waals surface area contributed by atoms with E-state index in [1.54, 1.807) is 12.1 Å². The molecule has 0 unspecified atom stereocenters. The molecule has 2 N–H and O–H groups in total. The number of carbonyl (C=O) groups excluding carboxylic acids is 1. The Morgan fingerprint density at radius 3 is 2.72 bits per heavy atom.